The van der Waals surface area contributed by atoms with E-state index in [1.807, 2.05) is 0 Å². The Balaban J connectivity index is 2.14. The number of aliphatic hydroxyl groups is 1. The Morgan fingerprint density at radius 3 is 2.29 bits per heavy atom. The monoisotopic (exact) mass is 297 g/mol. The number of hydrogen-bond acceptors (Lipinski definition) is 4. The first-order valence-electron chi connectivity index (χ1n) is 8.07. The van der Waals surface area contributed by atoms with Crippen LogP contribution in [0.2, 0.25) is 0 Å². The highest BCUT2D eigenvalue weighted by Gasteiger charge is 2.44. The predicted molar refractivity (Wildman–Crippen MR) is 79.9 cm³/mol. The van der Waals surface area contributed by atoms with E-state index >= 15 is 0 Å². The van der Waals surface area contributed by atoms with Gasteiger partial charge in [-0.2, -0.15) is 0 Å². The van der Waals surface area contributed by atoms with Crippen LogP contribution in [0.3, 0.4) is 0 Å². The van der Waals surface area contributed by atoms with Gasteiger partial charge in [0.25, 0.3) is 0 Å². The highest BCUT2D eigenvalue weighted by Crippen LogP contribution is 2.36. The van der Waals surface area contributed by atoms with Gasteiger partial charge in [0.2, 0.25) is 5.91 Å². The van der Waals surface area contributed by atoms with Gasteiger partial charge in [-0.05, 0) is 25.7 Å². The van der Waals surface area contributed by atoms with Crippen LogP contribution in [0, 0.1) is 5.41 Å². The number of nitrogens with two attached hydrogens (primary N) is 1. The molecule has 0 aromatic carbocycles. The Hall–Kier alpha value is -1.30. The molecule has 0 bridgehead atoms. The van der Waals surface area contributed by atoms with Gasteiger partial charge >= 0.3 is 0 Å². The molecule has 21 heavy (non-hydrogen) atoms. The molecule has 0 saturated heterocycles. The van der Waals surface area contributed by atoms with Crippen molar-refractivity contribution in [1.82, 2.24) is 5.32 Å². The van der Waals surface area contributed by atoms with Crippen LogP contribution in [0.15, 0.2) is 5.16 Å². The molecule has 120 valence electrons. The summed E-state index contributed by atoms with van der Waals surface area (Å²) in [5.74, 6) is -0.183. The lowest BCUT2D eigenvalue weighted by atomic mass is 9.77. The Labute approximate surface area is 125 Å². The lowest BCUT2D eigenvalue weighted by molar-refractivity contribution is -0.130. The summed E-state index contributed by atoms with van der Waals surface area (Å²) in [7, 11) is 0. The lowest BCUT2D eigenvalue weighted by Gasteiger charge is -2.35. The molecule has 6 nitrogen and oxygen atoms in total. The van der Waals surface area contributed by atoms with Crippen LogP contribution < -0.4 is 11.1 Å². The Morgan fingerprint density at radius 2 is 1.71 bits per heavy atom. The van der Waals surface area contributed by atoms with Crippen LogP contribution >= 0.6 is 0 Å². The van der Waals surface area contributed by atoms with Gasteiger partial charge in [-0.3, -0.25) is 4.79 Å². The van der Waals surface area contributed by atoms with E-state index in [2.05, 4.69) is 10.5 Å². The Morgan fingerprint density at radius 1 is 1.10 bits per heavy atom. The summed E-state index contributed by atoms with van der Waals surface area (Å²) in [6.45, 7) is 0. The van der Waals surface area contributed by atoms with Crippen molar-refractivity contribution in [2.75, 3.05) is 0 Å². The van der Waals surface area contributed by atoms with E-state index in [-0.39, 0.29) is 17.8 Å². The highest BCUT2D eigenvalue weighted by molar-refractivity contribution is 6.06. The first-order chi connectivity index (χ1) is 10.1. The molecule has 0 spiro atoms. The van der Waals surface area contributed by atoms with Crippen molar-refractivity contribution in [3.05, 3.63) is 0 Å². The molecule has 2 aliphatic carbocycles. The number of amides is 1. The number of aliphatic hydroxyl groups excluding tert-OH is 1. The zero-order valence-corrected chi connectivity index (χ0v) is 12.6. The van der Waals surface area contributed by atoms with E-state index in [0.717, 1.165) is 51.4 Å². The summed E-state index contributed by atoms with van der Waals surface area (Å²) in [4.78, 5) is 12.8. The van der Waals surface area contributed by atoms with Gasteiger partial charge in [-0.25, -0.2) is 0 Å². The summed E-state index contributed by atoms with van der Waals surface area (Å²) in [6.07, 6.45) is 8.19. The molecule has 2 fully saturated rings. The van der Waals surface area contributed by atoms with E-state index in [9.17, 15) is 9.90 Å². The number of nitrogens with zero attached hydrogens (tertiary/aromatic N) is 1. The molecule has 5 N–H and O–H groups in total. The van der Waals surface area contributed by atoms with Crippen LogP contribution in [0.1, 0.15) is 64.2 Å². The molecule has 6 heteroatoms. The maximum Gasteiger partial charge on any atom is 0.234 e. The number of carbonyl (C=O) groups is 1. The van der Waals surface area contributed by atoms with Crippen LogP contribution in [-0.4, -0.2) is 34.2 Å². The van der Waals surface area contributed by atoms with E-state index < -0.39 is 11.5 Å². The number of oxime groups is 1. The van der Waals surface area contributed by atoms with Gasteiger partial charge < -0.3 is 21.4 Å². The summed E-state index contributed by atoms with van der Waals surface area (Å²) in [6, 6.07) is -0.210. The minimum atomic E-state index is -0.914. The van der Waals surface area contributed by atoms with E-state index in [0.29, 0.717) is 12.8 Å². The second-order valence-corrected chi connectivity index (χ2v) is 6.41. The van der Waals surface area contributed by atoms with Gasteiger partial charge in [-0.15, -0.1) is 0 Å². The minimum Gasteiger partial charge on any atom is -0.409 e. The zero-order chi connectivity index (χ0) is 15.3. The summed E-state index contributed by atoms with van der Waals surface area (Å²) >= 11 is 0. The Kier molecular flexibility index (Phi) is 5.45. The molecule has 2 unspecified atom stereocenters. The van der Waals surface area contributed by atoms with Crippen molar-refractivity contribution in [3.63, 3.8) is 0 Å². The third-order valence-corrected chi connectivity index (χ3v) is 5.04. The molecular weight excluding hydrogens is 270 g/mol. The van der Waals surface area contributed by atoms with Crippen molar-refractivity contribution < 1.29 is 15.1 Å². The standard InChI is InChI=1S/C15H27N3O3/c16-13(18-21)15(9-5-1-2-6-10-15)14(20)17-11-7-3-4-8-12(11)19/h11-12,19,21H,1-10H2,(H2,16,18)(H,17,20). The second-order valence-electron chi connectivity index (χ2n) is 6.41. The van der Waals surface area contributed by atoms with E-state index in [4.69, 9.17) is 10.9 Å². The average Bonchev–Trinajstić information content (AvgIpc) is 2.75. The Bertz CT molecular complexity index is 390. The molecule has 2 rings (SSSR count). The van der Waals surface area contributed by atoms with E-state index in [1.54, 1.807) is 0 Å². The normalized spacial score (nSPS) is 30.4. The molecule has 0 aromatic rings. The molecule has 2 aliphatic rings. The lowest BCUT2D eigenvalue weighted by Crippen LogP contribution is -2.55. The topological polar surface area (TPSA) is 108 Å². The molecule has 0 heterocycles. The predicted octanol–water partition coefficient (Wildman–Crippen LogP) is 1.49. The third-order valence-electron chi connectivity index (χ3n) is 5.04. The highest BCUT2D eigenvalue weighted by atomic mass is 16.4. The van der Waals surface area contributed by atoms with Crippen molar-refractivity contribution in [2.24, 2.45) is 16.3 Å². The number of nitrogens with one attached hydrogen (secondary N) is 1. The third kappa shape index (κ3) is 3.48. The fourth-order valence-electron chi connectivity index (χ4n) is 3.61. The molecule has 1 amide bonds. The van der Waals surface area contributed by atoms with Crippen LogP contribution in [-0.2, 0) is 4.79 Å². The van der Waals surface area contributed by atoms with Gasteiger partial charge in [0.05, 0.1) is 12.1 Å². The number of hydrogen-bond donors (Lipinski definition) is 4. The molecule has 2 atom stereocenters. The smallest absolute Gasteiger partial charge is 0.234 e. The first kappa shape index (κ1) is 16.1. The van der Waals surface area contributed by atoms with Gasteiger partial charge in [0, 0.05) is 0 Å². The van der Waals surface area contributed by atoms with Gasteiger partial charge in [0.1, 0.15) is 5.41 Å². The zero-order valence-electron chi connectivity index (χ0n) is 12.6. The maximum atomic E-state index is 12.8. The molecule has 0 aromatic heterocycles. The summed E-state index contributed by atoms with van der Waals surface area (Å²) < 4.78 is 0. The quantitative estimate of drug-likeness (QED) is 0.208. The number of amidine groups is 1. The number of rotatable bonds is 3. The fourth-order valence-corrected chi connectivity index (χ4v) is 3.61. The summed E-state index contributed by atoms with van der Waals surface area (Å²) in [5, 5.41) is 25.2. The maximum absolute atomic E-state index is 12.8. The molecular formula is C15H27N3O3. The first-order valence-corrected chi connectivity index (χ1v) is 8.07. The SMILES string of the molecule is NC(=NO)C1(C(=O)NC2CCCCC2O)CCCCCC1. The van der Waals surface area contributed by atoms with Crippen LogP contribution in [0.4, 0.5) is 0 Å². The van der Waals surface area contributed by atoms with Crippen molar-refractivity contribution in [1.29, 1.82) is 0 Å². The van der Waals surface area contributed by atoms with Crippen LogP contribution in [0.5, 0.6) is 0 Å². The second kappa shape index (κ2) is 7.11. The number of carbonyl (C=O) groups excluding carboxylic acids is 1. The largest absolute Gasteiger partial charge is 0.409 e. The average molecular weight is 297 g/mol. The minimum absolute atomic E-state index is 0.00667. The van der Waals surface area contributed by atoms with Crippen molar-refractivity contribution in [2.45, 2.75) is 76.4 Å². The molecule has 0 radical (unpaired) electrons. The summed E-state index contributed by atoms with van der Waals surface area (Å²) in [5.41, 5.74) is 4.96. The van der Waals surface area contributed by atoms with Crippen molar-refractivity contribution in [3.8, 4) is 0 Å². The molecule has 0 aliphatic heterocycles. The molecule has 2 saturated carbocycles. The van der Waals surface area contributed by atoms with E-state index in [1.165, 1.54) is 0 Å². The van der Waals surface area contributed by atoms with Crippen LogP contribution in [0.25, 0.3) is 0 Å². The van der Waals surface area contributed by atoms with Gasteiger partial charge in [-0.1, -0.05) is 43.7 Å². The van der Waals surface area contributed by atoms with Crippen molar-refractivity contribution >= 4 is 11.7 Å². The fraction of sp³-hybridized carbons (Fsp3) is 0.867. The van der Waals surface area contributed by atoms with Gasteiger partial charge in [0.15, 0.2) is 5.84 Å².